The summed E-state index contributed by atoms with van der Waals surface area (Å²) in [5, 5.41) is 0.657. The second-order valence-corrected chi connectivity index (χ2v) is 13.7. The van der Waals surface area contributed by atoms with Crippen LogP contribution >= 0.6 is 54.8 Å². The number of allylic oxidation sites excluding steroid dienone is 1. The monoisotopic (exact) mass is 746 g/mol. The third-order valence-corrected chi connectivity index (χ3v) is 10.5. The first kappa shape index (κ1) is 29.3. The van der Waals surface area contributed by atoms with Gasteiger partial charge in [0.1, 0.15) is 18.1 Å². The number of benzene rings is 4. The summed E-state index contributed by atoms with van der Waals surface area (Å²) in [4.78, 5) is 20.0. The van der Waals surface area contributed by atoms with Gasteiger partial charge in [-0.2, -0.15) is 0 Å². The average Bonchev–Trinajstić information content (AvgIpc) is 3.34. The van der Waals surface area contributed by atoms with Crippen LogP contribution in [0.3, 0.4) is 0 Å². The van der Waals surface area contributed by atoms with E-state index in [9.17, 15) is 4.79 Å². The SMILES string of the molecule is COc1ccc([C@H]2C3=C(N=c4s/c(=C/c5cc(Br)c(OCc6ccccc6Cl)c(Br)c5)c(=O)n42)c2ccccc2CC3)cc1. The summed E-state index contributed by atoms with van der Waals surface area (Å²) < 4.78 is 15.5. The van der Waals surface area contributed by atoms with Crippen LogP contribution in [-0.2, 0) is 13.0 Å². The van der Waals surface area contributed by atoms with Crippen molar-refractivity contribution in [2.75, 3.05) is 7.11 Å². The van der Waals surface area contributed by atoms with Crippen molar-refractivity contribution in [2.45, 2.75) is 25.5 Å². The number of hydrogen-bond donors (Lipinski definition) is 0. The van der Waals surface area contributed by atoms with Crippen molar-refractivity contribution in [1.82, 2.24) is 4.57 Å². The Morgan fingerprint density at radius 1 is 1.00 bits per heavy atom. The fourth-order valence-corrected chi connectivity index (χ4v) is 8.47. The number of thiazole rings is 1. The summed E-state index contributed by atoms with van der Waals surface area (Å²) >= 11 is 15.1. The van der Waals surface area contributed by atoms with Gasteiger partial charge in [-0.1, -0.05) is 77.5 Å². The molecule has 0 saturated carbocycles. The van der Waals surface area contributed by atoms with Crippen molar-refractivity contribution in [1.29, 1.82) is 0 Å². The molecule has 5 nitrogen and oxygen atoms in total. The number of rotatable bonds is 6. The Hall–Kier alpha value is -3.43. The van der Waals surface area contributed by atoms with Crippen LogP contribution < -0.4 is 24.4 Å². The Labute approximate surface area is 280 Å². The van der Waals surface area contributed by atoms with E-state index in [2.05, 4.69) is 56.1 Å². The Balaban J connectivity index is 1.31. The quantitative estimate of drug-likeness (QED) is 0.177. The van der Waals surface area contributed by atoms with Crippen molar-refractivity contribution in [3.63, 3.8) is 0 Å². The standard InChI is InChI=1S/C35H25Br2ClN2O3S/c1-42-24-13-10-22(11-14-24)32-26-15-12-21-6-2-4-8-25(21)31(26)39-35-40(32)34(41)30(44-35)18-20-16-27(36)33(28(37)17-20)43-19-23-7-3-5-9-29(23)38/h2-11,13-14,16-18,32H,12,15,19H2,1H3/b30-18+/t32-/m0/s1. The fourth-order valence-electron chi connectivity index (χ4n) is 5.83. The molecule has 1 aliphatic carbocycles. The van der Waals surface area contributed by atoms with Crippen molar-refractivity contribution in [3.8, 4) is 11.5 Å². The molecule has 0 saturated heterocycles. The molecular formula is C35H25Br2ClN2O3S. The smallest absolute Gasteiger partial charge is 0.271 e. The van der Waals surface area contributed by atoms with Crippen LogP contribution in [0, 0.1) is 0 Å². The predicted octanol–water partition coefficient (Wildman–Crippen LogP) is 8.08. The van der Waals surface area contributed by atoms with Gasteiger partial charge in [-0.3, -0.25) is 9.36 Å². The lowest BCUT2D eigenvalue weighted by atomic mass is 9.83. The third-order valence-electron chi connectivity index (χ3n) is 7.95. The molecule has 1 aromatic heterocycles. The van der Waals surface area contributed by atoms with E-state index in [0.717, 1.165) is 55.5 Å². The van der Waals surface area contributed by atoms with Crippen LogP contribution in [0.2, 0.25) is 5.02 Å². The summed E-state index contributed by atoms with van der Waals surface area (Å²) in [6.45, 7) is 0.327. The molecule has 220 valence electrons. The molecule has 5 aromatic rings. The Kier molecular flexibility index (Phi) is 8.10. The molecule has 0 unspecified atom stereocenters. The molecule has 0 N–H and O–H groups in total. The molecule has 7 rings (SSSR count). The van der Waals surface area contributed by atoms with Gasteiger partial charge in [-0.05, 0) is 103 Å². The Morgan fingerprint density at radius 3 is 2.48 bits per heavy atom. The van der Waals surface area contributed by atoms with E-state index in [-0.39, 0.29) is 11.6 Å². The summed E-state index contributed by atoms with van der Waals surface area (Å²) in [7, 11) is 1.66. The minimum atomic E-state index is -0.248. The molecule has 44 heavy (non-hydrogen) atoms. The van der Waals surface area contributed by atoms with E-state index < -0.39 is 0 Å². The van der Waals surface area contributed by atoms with E-state index in [1.165, 1.54) is 22.5 Å². The van der Waals surface area contributed by atoms with Gasteiger partial charge in [0.05, 0.1) is 32.3 Å². The lowest BCUT2D eigenvalue weighted by Crippen LogP contribution is -2.38. The molecule has 0 radical (unpaired) electrons. The number of methoxy groups -OCH3 is 1. The van der Waals surface area contributed by atoms with Gasteiger partial charge in [0, 0.05) is 16.1 Å². The van der Waals surface area contributed by atoms with Gasteiger partial charge in [0.2, 0.25) is 0 Å². The summed E-state index contributed by atoms with van der Waals surface area (Å²) in [6, 6.07) is 27.7. The second-order valence-electron chi connectivity index (χ2n) is 10.6. The van der Waals surface area contributed by atoms with Gasteiger partial charge in [0.25, 0.3) is 5.56 Å². The molecule has 0 spiro atoms. The number of halogens is 3. The highest BCUT2D eigenvalue weighted by molar-refractivity contribution is 9.11. The van der Waals surface area contributed by atoms with Crippen LogP contribution in [0.15, 0.2) is 109 Å². The van der Waals surface area contributed by atoms with Gasteiger partial charge in [-0.25, -0.2) is 4.99 Å². The van der Waals surface area contributed by atoms with Gasteiger partial charge in [-0.15, -0.1) is 0 Å². The van der Waals surface area contributed by atoms with Crippen molar-refractivity contribution < 1.29 is 9.47 Å². The van der Waals surface area contributed by atoms with Crippen LogP contribution in [0.5, 0.6) is 11.5 Å². The highest BCUT2D eigenvalue weighted by Gasteiger charge is 2.32. The molecule has 4 aromatic carbocycles. The first-order valence-electron chi connectivity index (χ1n) is 14.0. The lowest BCUT2D eigenvalue weighted by molar-refractivity contribution is 0.302. The highest BCUT2D eigenvalue weighted by Crippen LogP contribution is 2.41. The van der Waals surface area contributed by atoms with Crippen LogP contribution in [0.25, 0.3) is 11.8 Å². The van der Waals surface area contributed by atoms with E-state index in [1.807, 2.05) is 71.3 Å². The lowest BCUT2D eigenvalue weighted by Gasteiger charge is -2.30. The van der Waals surface area contributed by atoms with Crippen molar-refractivity contribution >= 4 is 66.6 Å². The molecule has 2 aliphatic rings. The Bertz CT molecular complexity index is 2110. The molecular weight excluding hydrogens is 724 g/mol. The van der Waals surface area contributed by atoms with E-state index >= 15 is 0 Å². The molecule has 1 atom stereocenters. The summed E-state index contributed by atoms with van der Waals surface area (Å²) in [6.07, 6.45) is 3.67. The van der Waals surface area contributed by atoms with E-state index in [0.29, 0.717) is 26.7 Å². The third kappa shape index (κ3) is 5.38. The van der Waals surface area contributed by atoms with Crippen molar-refractivity contribution in [3.05, 3.63) is 152 Å². The molecule has 0 fully saturated rings. The van der Waals surface area contributed by atoms with Crippen molar-refractivity contribution in [2.24, 2.45) is 4.99 Å². The molecule has 0 bridgehead atoms. The topological polar surface area (TPSA) is 52.8 Å². The zero-order valence-corrected chi connectivity index (χ0v) is 28.3. The number of aryl methyl sites for hydroxylation is 1. The number of aromatic nitrogens is 1. The first-order chi connectivity index (χ1) is 21.4. The molecule has 9 heteroatoms. The van der Waals surface area contributed by atoms with Gasteiger partial charge < -0.3 is 9.47 Å². The normalized spacial score (nSPS) is 15.7. The maximum atomic E-state index is 14.1. The number of hydrogen-bond acceptors (Lipinski definition) is 5. The fraction of sp³-hybridized carbons (Fsp3) is 0.143. The van der Waals surface area contributed by atoms with Crippen LogP contribution in [-0.4, -0.2) is 11.7 Å². The maximum absolute atomic E-state index is 14.1. The van der Waals surface area contributed by atoms with E-state index in [4.69, 9.17) is 26.1 Å². The second kappa shape index (κ2) is 12.2. The molecule has 0 amide bonds. The molecule has 2 heterocycles. The minimum absolute atomic E-state index is 0.0636. The van der Waals surface area contributed by atoms with E-state index in [1.54, 1.807) is 7.11 Å². The molecule has 1 aliphatic heterocycles. The Morgan fingerprint density at radius 2 is 1.73 bits per heavy atom. The minimum Gasteiger partial charge on any atom is -0.497 e. The van der Waals surface area contributed by atoms with Gasteiger partial charge in [0.15, 0.2) is 4.80 Å². The average molecular weight is 749 g/mol. The van der Waals surface area contributed by atoms with Gasteiger partial charge >= 0.3 is 0 Å². The first-order valence-corrected chi connectivity index (χ1v) is 16.8. The van der Waals surface area contributed by atoms with Crippen LogP contribution in [0.1, 0.15) is 40.3 Å². The largest absolute Gasteiger partial charge is 0.497 e. The number of nitrogens with zero attached hydrogens (tertiary/aromatic N) is 2. The predicted molar refractivity (Wildman–Crippen MR) is 183 cm³/mol. The zero-order chi connectivity index (χ0) is 30.4. The number of fused-ring (bicyclic) bond motifs is 3. The maximum Gasteiger partial charge on any atom is 0.271 e. The summed E-state index contributed by atoms with van der Waals surface area (Å²) in [5.41, 5.74) is 7.30. The summed E-state index contributed by atoms with van der Waals surface area (Å²) in [5.74, 6) is 1.44. The number of ether oxygens (including phenoxy) is 2. The van der Waals surface area contributed by atoms with Crippen LogP contribution in [0.4, 0.5) is 0 Å². The zero-order valence-electron chi connectivity index (χ0n) is 23.5. The highest BCUT2D eigenvalue weighted by atomic mass is 79.9.